The molecule has 0 atom stereocenters. The van der Waals surface area contributed by atoms with Crippen LogP contribution in [0.4, 0.5) is 0 Å². The molecule has 0 bridgehead atoms. The zero-order valence-corrected chi connectivity index (χ0v) is 28.6. The van der Waals surface area contributed by atoms with Crippen LogP contribution in [-0.4, -0.2) is 20.1 Å². The van der Waals surface area contributed by atoms with Crippen LogP contribution in [0, 0.1) is 0 Å². The Hall–Kier alpha value is -7.17. The van der Waals surface area contributed by atoms with Gasteiger partial charge in [0.15, 0.2) is 17.5 Å². The number of fused-ring (bicyclic) bond motifs is 5. The topological polar surface area (TPSA) is 58.9 Å². The van der Waals surface area contributed by atoms with Crippen LogP contribution in [-0.2, 0) is 0 Å². The van der Waals surface area contributed by atoms with Crippen LogP contribution < -0.4 is 0 Å². The van der Waals surface area contributed by atoms with Crippen molar-refractivity contribution in [1.82, 2.24) is 15.0 Å². The van der Waals surface area contributed by atoms with Crippen molar-refractivity contribution in [3.05, 3.63) is 182 Å². The molecule has 0 saturated carbocycles. The molecule has 0 saturated heterocycles. The van der Waals surface area contributed by atoms with Crippen LogP contribution in [0.3, 0.4) is 0 Å². The predicted octanol–water partition coefficient (Wildman–Crippen LogP) is 12.5. The number of benzene rings is 9. The number of nitrogens with zero attached hydrogens (tertiary/aromatic N) is 3. The van der Waals surface area contributed by atoms with Gasteiger partial charge in [-0.15, -0.1) is 0 Å². The van der Waals surface area contributed by atoms with Gasteiger partial charge in [-0.2, -0.15) is 0 Å². The first-order chi connectivity index (χ1) is 26.2. The van der Waals surface area contributed by atoms with E-state index in [1.807, 2.05) is 36.4 Å². The van der Waals surface area contributed by atoms with E-state index in [1.54, 1.807) is 6.07 Å². The summed E-state index contributed by atoms with van der Waals surface area (Å²) >= 11 is 0. The van der Waals surface area contributed by atoms with Crippen LogP contribution >= 0.6 is 0 Å². The molecule has 0 radical (unpaired) electrons. The van der Waals surface area contributed by atoms with E-state index in [4.69, 9.17) is 15.0 Å². The summed E-state index contributed by atoms with van der Waals surface area (Å²) in [5.41, 5.74) is 6.15. The fourth-order valence-electron chi connectivity index (χ4n) is 7.64. The smallest absolute Gasteiger partial charge is 0.164 e. The van der Waals surface area contributed by atoms with Crippen LogP contribution in [0.25, 0.3) is 99.5 Å². The highest BCUT2D eigenvalue weighted by atomic mass is 16.3. The molecule has 4 nitrogen and oxygen atoms in total. The SMILES string of the molecule is Oc1cccc(-c2nc(-c3ccc4ccccc4c3)nc(-c3ccc4c(ccc5ccccc54)c3)n2)c1-c1ccccc1-c1cccc2ccccc12. The molecule has 10 aromatic rings. The van der Waals surface area contributed by atoms with Gasteiger partial charge in [0.25, 0.3) is 0 Å². The lowest BCUT2D eigenvalue weighted by Gasteiger charge is -2.17. The van der Waals surface area contributed by atoms with Gasteiger partial charge in [0.1, 0.15) is 5.75 Å². The van der Waals surface area contributed by atoms with Gasteiger partial charge in [0.2, 0.25) is 0 Å². The molecule has 0 aliphatic carbocycles. The van der Waals surface area contributed by atoms with Gasteiger partial charge in [0.05, 0.1) is 0 Å². The van der Waals surface area contributed by atoms with Crippen LogP contribution in [0.5, 0.6) is 5.75 Å². The van der Waals surface area contributed by atoms with Gasteiger partial charge < -0.3 is 5.11 Å². The summed E-state index contributed by atoms with van der Waals surface area (Å²) in [6, 6.07) is 62.3. The second-order valence-corrected chi connectivity index (χ2v) is 13.4. The summed E-state index contributed by atoms with van der Waals surface area (Å²) < 4.78 is 0. The quantitative estimate of drug-likeness (QED) is 0.184. The Kier molecular flexibility index (Phi) is 7.26. The lowest BCUT2D eigenvalue weighted by atomic mass is 9.89. The van der Waals surface area contributed by atoms with E-state index >= 15 is 0 Å². The maximum absolute atomic E-state index is 11.7. The molecular formula is C49H31N3O. The number of phenols is 1. The van der Waals surface area contributed by atoms with Crippen molar-refractivity contribution in [1.29, 1.82) is 0 Å². The molecule has 0 aliphatic heterocycles. The summed E-state index contributed by atoms with van der Waals surface area (Å²) in [7, 11) is 0. The Morgan fingerprint density at radius 3 is 1.60 bits per heavy atom. The van der Waals surface area contributed by atoms with Gasteiger partial charge in [-0.05, 0) is 78.0 Å². The Labute approximate surface area is 306 Å². The number of hydrogen-bond donors (Lipinski definition) is 1. The largest absolute Gasteiger partial charge is 0.507 e. The Morgan fingerprint density at radius 2 is 0.792 bits per heavy atom. The van der Waals surface area contributed by atoms with Crippen molar-refractivity contribution in [3.8, 4) is 62.2 Å². The summed E-state index contributed by atoms with van der Waals surface area (Å²) in [5, 5.41) is 21.0. The average Bonchev–Trinajstić information content (AvgIpc) is 3.23. The first-order valence-corrected chi connectivity index (χ1v) is 17.7. The highest BCUT2D eigenvalue weighted by Gasteiger charge is 2.21. The predicted molar refractivity (Wildman–Crippen MR) is 219 cm³/mol. The third kappa shape index (κ3) is 5.36. The second kappa shape index (κ2) is 12.6. The van der Waals surface area contributed by atoms with Gasteiger partial charge in [-0.1, -0.05) is 164 Å². The van der Waals surface area contributed by atoms with Crippen molar-refractivity contribution < 1.29 is 5.11 Å². The minimum atomic E-state index is 0.155. The van der Waals surface area contributed by atoms with E-state index in [-0.39, 0.29) is 5.75 Å². The molecule has 9 aromatic carbocycles. The summed E-state index contributed by atoms with van der Waals surface area (Å²) in [6.07, 6.45) is 0. The first kappa shape index (κ1) is 30.6. The highest BCUT2D eigenvalue weighted by Crippen LogP contribution is 2.44. The molecule has 10 rings (SSSR count). The van der Waals surface area contributed by atoms with Gasteiger partial charge in [0, 0.05) is 22.3 Å². The minimum Gasteiger partial charge on any atom is -0.507 e. The van der Waals surface area contributed by atoms with Crippen LogP contribution in [0.15, 0.2) is 182 Å². The molecule has 1 heterocycles. The molecular weight excluding hydrogens is 647 g/mol. The molecule has 248 valence electrons. The summed E-state index contributed by atoms with van der Waals surface area (Å²) in [4.78, 5) is 15.4. The second-order valence-electron chi connectivity index (χ2n) is 13.4. The normalized spacial score (nSPS) is 11.5. The third-order valence-electron chi connectivity index (χ3n) is 10.2. The number of aromatic hydroxyl groups is 1. The van der Waals surface area contributed by atoms with Gasteiger partial charge in [-0.3, -0.25) is 0 Å². The number of rotatable bonds is 5. The van der Waals surface area contributed by atoms with E-state index in [0.717, 1.165) is 60.3 Å². The molecule has 53 heavy (non-hydrogen) atoms. The maximum Gasteiger partial charge on any atom is 0.164 e. The van der Waals surface area contributed by atoms with Crippen molar-refractivity contribution >= 4 is 43.1 Å². The van der Waals surface area contributed by atoms with E-state index in [1.165, 1.54) is 16.2 Å². The fourth-order valence-corrected chi connectivity index (χ4v) is 7.64. The molecule has 0 fully saturated rings. The van der Waals surface area contributed by atoms with Crippen LogP contribution in [0.2, 0.25) is 0 Å². The molecule has 1 aromatic heterocycles. The standard InChI is InChI=1S/C49H31N3O/c53-45-22-10-21-44(46(45)43-19-8-7-18-42(43)41-20-9-15-32-12-3-6-17-39(32)41)49-51-47(36-26-23-31-11-1-2-14-34(31)29-36)50-48(52-49)37-27-28-40-35(30-37)25-24-33-13-4-5-16-38(33)40/h1-30,53H. The lowest BCUT2D eigenvalue weighted by molar-refractivity contribution is 0.477. The molecule has 0 amide bonds. The number of phenolic OH excluding ortho intramolecular Hbond substituents is 1. The molecule has 0 unspecified atom stereocenters. The molecule has 0 aliphatic rings. The van der Waals surface area contributed by atoms with E-state index in [0.29, 0.717) is 23.0 Å². The zero-order valence-electron chi connectivity index (χ0n) is 28.6. The molecule has 1 N–H and O–H groups in total. The molecule has 0 spiro atoms. The summed E-state index contributed by atoms with van der Waals surface area (Å²) in [6.45, 7) is 0. The van der Waals surface area contributed by atoms with Crippen LogP contribution in [0.1, 0.15) is 0 Å². The van der Waals surface area contributed by atoms with Crippen molar-refractivity contribution in [2.45, 2.75) is 0 Å². The molecule has 4 heteroatoms. The third-order valence-corrected chi connectivity index (χ3v) is 10.2. The van der Waals surface area contributed by atoms with Gasteiger partial charge >= 0.3 is 0 Å². The Morgan fingerprint density at radius 1 is 0.302 bits per heavy atom. The minimum absolute atomic E-state index is 0.155. The van der Waals surface area contributed by atoms with Gasteiger partial charge in [-0.25, -0.2) is 15.0 Å². The van der Waals surface area contributed by atoms with Crippen molar-refractivity contribution in [2.75, 3.05) is 0 Å². The average molecular weight is 678 g/mol. The highest BCUT2D eigenvalue weighted by molar-refractivity contribution is 6.08. The van der Waals surface area contributed by atoms with Crippen molar-refractivity contribution in [3.63, 3.8) is 0 Å². The fraction of sp³-hybridized carbons (Fsp3) is 0. The summed E-state index contributed by atoms with van der Waals surface area (Å²) in [5.74, 6) is 1.76. The van der Waals surface area contributed by atoms with Crippen molar-refractivity contribution in [2.24, 2.45) is 0 Å². The number of hydrogen-bond acceptors (Lipinski definition) is 4. The zero-order chi connectivity index (χ0) is 35.3. The Bertz CT molecular complexity index is 3030. The number of aromatic nitrogens is 3. The maximum atomic E-state index is 11.7. The van der Waals surface area contributed by atoms with E-state index in [9.17, 15) is 5.11 Å². The lowest BCUT2D eigenvalue weighted by Crippen LogP contribution is -2.01. The Balaban J connectivity index is 1.20. The van der Waals surface area contributed by atoms with E-state index in [2.05, 4.69) is 140 Å². The van der Waals surface area contributed by atoms with E-state index < -0.39 is 0 Å². The monoisotopic (exact) mass is 677 g/mol. The first-order valence-electron chi connectivity index (χ1n) is 17.7.